The zero-order valence-corrected chi connectivity index (χ0v) is 18.1. The van der Waals surface area contributed by atoms with Crippen LogP contribution in [0, 0.1) is 6.92 Å². The summed E-state index contributed by atoms with van der Waals surface area (Å²) in [5.74, 6) is 0. The molecule has 0 amide bonds. The van der Waals surface area contributed by atoms with Crippen LogP contribution < -0.4 is 0 Å². The van der Waals surface area contributed by atoms with Gasteiger partial charge in [0, 0.05) is 23.6 Å². The molecule has 2 aromatic rings. The third-order valence-electron chi connectivity index (χ3n) is 4.65. The number of hydrogen-bond acceptors (Lipinski definition) is 4. The average molecular weight is 473 g/mol. The number of nitrogens with zero attached hydrogens (tertiary/aromatic N) is 3. The molecule has 0 radical (unpaired) electrons. The summed E-state index contributed by atoms with van der Waals surface area (Å²) in [5, 5.41) is 1.13. The van der Waals surface area contributed by atoms with Crippen molar-refractivity contribution >= 4 is 43.2 Å². The third kappa shape index (κ3) is 4.67. The monoisotopic (exact) mass is 471 g/mol. The highest BCUT2D eigenvalue weighted by Gasteiger charge is 2.25. The molecule has 0 N–H and O–H groups in total. The minimum Gasteiger partial charge on any atom is -0.306 e. The molecular formula is C18H23Br2N3S. The summed E-state index contributed by atoms with van der Waals surface area (Å²) >= 11 is 9.12. The molecule has 3 nitrogen and oxygen atoms in total. The van der Waals surface area contributed by atoms with E-state index in [0.717, 1.165) is 18.1 Å². The Kier molecular flexibility index (Phi) is 6.49. The molecule has 1 aromatic heterocycles. The summed E-state index contributed by atoms with van der Waals surface area (Å²) in [5.41, 5.74) is 2.52. The number of thiazole rings is 1. The zero-order chi connectivity index (χ0) is 17.1. The Bertz CT molecular complexity index is 681. The topological polar surface area (TPSA) is 19.4 Å². The molecule has 0 bridgehead atoms. The van der Waals surface area contributed by atoms with Gasteiger partial charge < -0.3 is 4.90 Å². The Balaban J connectivity index is 1.80. The summed E-state index contributed by atoms with van der Waals surface area (Å²) in [6.45, 7) is 6.29. The Hall–Kier alpha value is -0.270. The number of piperidine rings is 1. The molecule has 1 saturated heterocycles. The van der Waals surface area contributed by atoms with E-state index in [4.69, 9.17) is 4.98 Å². The molecule has 1 aromatic carbocycles. The molecule has 1 aliphatic rings. The quantitative estimate of drug-likeness (QED) is 0.605. The minimum atomic E-state index is 0.613. The molecule has 0 unspecified atom stereocenters. The summed E-state index contributed by atoms with van der Waals surface area (Å²) in [4.78, 5) is 9.76. The Morgan fingerprint density at radius 2 is 1.92 bits per heavy atom. The van der Waals surface area contributed by atoms with E-state index in [9.17, 15) is 0 Å². The van der Waals surface area contributed by atoms with Crippen LogP contribution in [-0.2, 0) is 13.1 Å². The normalized spacial score (nSPS) is 16.9. The molecule has 6 heteroatoms. The maximum absolute atomic E-state index is 4.73. The summed E-state index contributed by atoms with van der Waals surface area (Å²) < 4.78 is 2.36. The first kappa shape index (κ1) is 18.5. The van der Waals surface area contributed by atoms with Gasteiger partial charge in [0.05, 0.1) is 14.5 Å². The van der Waals surface area contributed by atoms with E-state index in [1.807, 2.05) is 0 Å². The van der Waals surface area contributed by atoms with E-state index >= 15 is 0 Å². The van der Waals surface area contributed by atoms with Gasteiger partial charge in [0.15, 0.2) is 0 Å². The molecular weight excluding hydrogens is 450 g/mol. The summed E-state index contributed by atoms with van der Waals surface area (Å²) in [6, 6.07) is 9.16. The van der Waals surface area contributed by atoms with Gasteiger partial charge in [-0.25, -0.2) is 4.98 Å². The first-order chi connectivity index (χ1) is 11.5. The Morgan fingerprint density at radius 3 is 2.54 bits per heavy atom. The second-order valence-corrected chi connectivity index (χ2v) is 9.86. The molecule has 1 aliphatic heterocycles. The van der Waals surface area contributed by atoms with Crippen molar-refractivity contribution in [3.8, 4) is 0 Å². The van der Waals surface area contributed by atoms with Gasteiger partial charge >= 0.3 is 0 Å². The number of rotatable bonds is 5. The third-order valence-corrected chi connectivity index (χ3v) is 7.16. The lowest BCUT2D eigenvalue weighted by molar-refractivity contribution is 0.106. The summed E-state index contributed by atoms with van der Waals surface area (Å²) in [7, 11) is 2.22. The first-order valence-corrected chi connectivity index (χ1v) is 10.7. The fraction of sp³-hybridized carbons (Fsp3) is 0.500. The van der Waals surface area contributed by atoms with E-state index in [1.54, 1.807) is 11.3 Å². The SMILES string of the molecule is Cc1nc(CN(Cc2ccccc2Br)C2CCN(C)CC2)c(Br)s1. The molecule has 1 fully saturated rings. The van der Waals surface area contributed by atoms with Gasteiger partial charge in [-0.15, -0.1) is 11.3 Å². The van der Waals surface area contributed by atoms with Crippen LogP contribution in [0.15, 0.2) is 32.5 Å². The Labute approximate surface area is 165 Å². The fourth-order valence-corrected chi connectivity index (χ4v) is 5.23. The van der Waals surface area contributed by atoms with Crippen LogP contribution in [-0.4, -0.2) is 41.0 Å². The lowest BCUT2D eigenvalue weighted by Crippen LogP contribution is -2.43. The lowest BCUT2D eigenvalue weighted by Gasteiger charge is -2.37. The molecule has 2 heterocycles. The zero-order valence-electron chi connectivity index (χ0n) is 14.1. The number of benzene rings is 1. The lowest BCUT2D eigenvalue weighted by atomic mass is 10.0. The minimum absolute atomic E-state index is 0.613. The molecule has 0 aliphatic carbocycles. The Morgan fingerprint density at radius 1 is 1.21 bits per heavy atom. The van der Waals surface area contributed by atoms with Gasteiger partial charge in [-0.2, -0.15) is 0 Å². The first-order valence-electron chi connectivity index (χ1n) is 8.30. The van der Waals surface area contributed by atoms with Crippen molar-refractivity contribution in [2.75, 3.05) is 20.1 Å². The van der Waals surface area contributed by atoms with E-state index in [1.165, 1.54) is 45.4 Å². The molecule has 0 spiro atoms. The second kappa shape index (κ2) is 8.41. The van der Waals surface area contributed by atoms with Gasteiger partial charge in [0.25, 0.3) is 0 Å². The van der Waals surface area contributed by atoms with E-state index in [0.29, 0.717) is 6.04 Å². The van der Waals surface area contributed by atoms with Crippen molar-refractivity contribution in [2.24, 2.45) is 0 Å². The predicted molar refractivity (Wildman–Crippen MR) is 108 cm³/mol. The molecule has 24 heavy (non-hydrogen) atoms. The maximum atomic E-state index is 4.73. The van der Waals surface area contributed by atoms with Crippen molar-refractivity contribution < 1.29 is 0 Å². The van der Waals surface area contributed by atoms with Crippen LogP contribution in [0.5, 0.6) is 0 Å². The van der Waals surface area contributed by atoms with Crippen molar-refractivity contribution in [1.29, 1.82) is 0 Å². The van der Waals surface area contributed by atoms with E-state index in [2.05, 4.69) is 79.9 Å². The number of hydrogen-bond donors (Lipinski definition) is 0. The van der Waals surface area contributed by atoms with Gasteiger partial charge in [-0.1, -0.05) is 34.1 Å². The smallest absolute Gasteiger partial charge is 0.0945 e. The van der Waals surface area contributed by atoms with E-state index in [-0.39, 0.29) is 0 Å². The molecule has 0 saturated carbocycles. The molecule has 130 valence electrons. The van der Waals surface area contributed by atoms with Crippen LogP contribution >= 0.6 is 43.2 Å². The number of aromatic nitrogens is 1. The van der Waals surface area contributed by atoms with Crippen molar-refractivity contribution in [3.05, 3.63) is 48.8 Å². The summed E-state index contributed by atoms with van der Waals surface area (Å²) in [6.07, 6.45) is 2.45. The second-order valence-electron chi connectivity index (χ2n) is 6.48. The van der Waals surface area contributed by atoms with Crippen LogP contribution in [0.1, 0.15) is 29.1 Å². The van der Waals surface area contributed by atoms with Crippen LogP contribution in [0.25, 0.3) is 0 Å². The highest BCUT2D eigenvalue weighted by molar-refractivity contribution is 9.11. The highest BCUT2D eigenvalue weighted by atomic mass is 79.9. The standard InChI is InChI=1S/C18H23Br2N3S/c1-13-21-17(18(20)24-13)12-23(15-7-9-22(2)10-8-15)11-14-5-3-4-6-16(14)19/h3-6,15H,7-12H2,1-2H3. The predicted octanol–water partition coefficient (Wildman–Crippen LogP) is 5.07. The highest BCUT2D eigenvalue weighted by Crippen LogP contribution is 2.29. The number of halogens is 2. The maximum Gasteiger partial charge on any atom is 0.0945 e. The van der Waals surface area contributed by atoms with Crippen LogP contribution in [0.2, 0.25) is 0 Å². The largest absolute Gasteiger partial charge is 0.306 e. The average Bonchev–Trinajstić information content (AvgIpc) is 2.87. The van der Waals surface area contributed by atoms with Gasteiger partial charge in [-0.05, 0) is 67.5 Å². The fourth-order valence-electron chi connectivity index (χ4n) is 3.25. The van der Waals surface area contributed by atoms with Crippen molar-refractivity contribution in [3.63, 3.8) is 0 Å². The van der Waals surface area contributed by atoms with Gasteiger partial charge in [0.1, 0.15) is 0 Å². The number of likely N-dealkylation sites (tertiary alicyclic amines) is 1. The molecule has 3 rings (SSSR count). The van der Waals surface area contributed by atoms with E-state index < -0.39 is 0 Å². The van der Waals surface area contributed by atoms with Gasteiger partial charge in [-0.3, -0.25) is 4.90 Å². The van der Waals surface area contributed by atoms with Crippen LogP contribution in [0.3, 0.4) is 0 Å². The van der Waals surface area contributed by atoms with Gasteiger partial charge in [0.2, 0.25) is 0 Å². The van der Waals surface area contributed by atoms with Crippen molar-refractivity contribution in [1.82, 2.24) is 14.8 Å². The number of aryl methyl sites for hydroxylation is 1. The van der Waals surface area contributed by atoms with Crippen LogP contribution in [0.4, 0.5) is 0 Å². The molecule has 0 atom stereocenters. The van der Waals surface area contributed by atoms with Crippen molar-refractivity contribution in [2.45, 2.75) is 38.9 Å².